The third-order valence-electron chi connectivity index (χ3n) is 2.34. The van der Waals surface area contributed by atoms with E-state index in [4.69, 9.17) is 11.6 Å². The Morgan fingerprint density at radius 1 is 1.53 bits per heavy atom. The lowest BCUT2D eigenvalue weighted by Gasteiger charge is -2.17. The second-order valence-corrected chi connectivity index (χ2v) is 4.19. The normalized spacial score (nSPS) is 14.1. The first-order valence-electron chi connectivity index (χ1n) is 5.42. The van der Waals surface area contributed by atoms with Gasteiger partial charge in [0.2, 0.25) is 0 Å². The average Bonchev–Trinajstić information content (AvgIpc) is 2.69. The van der Waals surface area contributed by atoms with Crippen molar-refractivity contribution < 1.29 is 27.4 Å². The first-order valence-corrected chi connectivity index (χ1v) is 5.80. The van der Waals surface area contributed by atoms with Gasteiger partial charge in [-0.15, -0.1) is 0 Å². The van der Waals surface area contributed by atoms with Crippen molar-refractivity contribution in [3.8, 4) is 0 Å². The molecule has 1 aromatic heterocycles. The minimum atomic E-state index is -4.24. The van der Waals surface area contributed by atoms with Crippen molar-refractivity contribution in [2.45, 2.75) is 31.9 Å². The number of hydrogen-bond acceptors (Lipinski definition) is 3. The van der Waals surface area contributed by atoms with Crippen LogP contribution in [0.5, 0.6) is 0 Å². The van der Waals surface area contributed by atoms with Crippen LogP contribution in [0.25, 0.3) is 0 Å². The van der Waals surface area contributed by atoms with E-state index in [1.54, 1.807) is 6.92 Å². The fourth-order valence-electron chi connectivity index (χ4n) is 1.40. The molecule has 0 saturated heterocycles. The van der Waals surface area contributed by atoms with E-state index in [1.807, 2.05) is 0 Å². The third-order valence-corrected chi connectivity index (χ3v) is 2.63. The molecule has 19 heavy (non-hydrogen) atoms. The second-order valence-electron chi connectivity index (χ2n) is 3.79. The Balaban J connectivity index is 2.56. The number of alkyl halides is 4. The second kappa shape index (κ2) is 6.53. The molecule has 9 heteroatoms. The van der Waals surface area contributed by atoms with Crippen molar-refractivity contribution in [1.82, 2.24) is 9.78 Å². The molecule has 0 aliphatic carbocycles. The molecule has 1 heterocycles. The number of aryl methyl sites for hydroxylation is 1. The Hall–Kier alpha value is -0.860. The molecule has 0 bridgehead atoms. The van der Waals surface area contributed by atoms with Crippen LogP contribution >= 0.6 is 11.6 Å². The molecule has 0 radical (unpaired) electrons. The van der Waals surface area contributed by atoms with Gasteiger partial charge in [0.25, 0.3) is 0 Å². The summed E-state index contributed by atoms with van der Waals surface area (Å²) in [5.74, 6) is -4.24. The lowest BCUT2D eigenvalue weighted by atomic mass is 10.2. The van der Waals surface area contributed by atoms with Crippen LogP contribution in [0.15, 0.2) is 6.20 Å². The van der Waals surface area contributed by atoms with Crippen LogP contribution in [0.4, 0.5) is 17.6 Å². The monoisotopic (exact) mass is 304 g/mol. The molecule has 0 spiro atoms. The predicted octanol–water partition coefficient (Wildman–Crippen LogP) is 2.51. The smallest absolute Gasteiger partial charge is 0.330 e. The Kier molecular flexibility index (Phi) is 5.57. The van der Waals surface area contributed by atoms with Crippen LogP contribution in [0, 0.1) is 0 Å². The maximum atomic E-state index is 12.6. The summed E-state index contributed by atoms with van der Waals surface area (Å²) in [6.07, 6.45) is -3.84. The number of aromatic nitrogens is 2. The van der Waals surface area contributed by atoms with Crippen molar-refractivity contribution >= 4 is 11.6 Å². The summed E-state index contributed by atoms with van der Waals surface area (Å²) in [4.78, 5) is 0. The van der Waals surface area contributed by atoms with Crippen molar-refractivity contribution in [3.05, 3.63) is 16.9 Å². The minimum absolute atomic E-state index is 0.151. The fraction of sp³-hybridized carbons (Fsp3) is 0.700. The summed E-state index contributed by atoms with van der Waals surface area (Å²) in [5, 5.41) is 13.7. The molecule has 1 unspecified atom stereocenters. The molecule has 0 aromatic carbocycles. The molecule has 0 fully saturated rings. The Bertz CT molecular complexity index is 414. The minimum Gasteiger partial charge on any atom is -0.384 e. The summed E-state index contributed by atoms with van der Waals surface area (Å²) in [5.41, 5.74) is 0.199. The fourth-order valence-corrected chi connectivity index (χ4v) is 1.67. The summed E-state index contributed by atoms with van der Waals surface area (Å²) < 4.78 is 54.6. The number of hydrogen-bond donors (Lipinski definition) is 1. The first-order chi connectivity index (χ1) is 8.79. The molecule has 4 nitrogen and oxygen atoms in total. The van der Waals surface area contributed by atoms with Gasteiger partial charge in [-0.3, -0.25) is 4.68 Å². The van der Waals surface area contributed by atoms with Crippen LogP contribution in [0.1, 0.15) is 18.7 Å². The lowest BCUT2D eigenvalue weighted by Crippen LogP contribution is -2.33. The Morgan fingerprint density at radius 2 is 2.16 bits per heavy atom. The SMILES string of the molecule is CCn1ncc(Cl)c1C(O)COCC(F)(F)C(F)F. The number of aliphatic hydroxyl groups excluding tert-OH is 1. The number of aliphatic hydroxyl groups is 1. The molecule has 1 atom stereocenters. The third kappa shape index (κ3) is 4.05. The van der Waals surface area contributed by atoms with E-state index in [0.29, 0.717) is 6.54 Å². The summed E-state index contributed by atoms with van der Waals surface area (Å²) in [6.45, 7) is 0.102. The van der Waals surface area contributed by atoms with Gasteiger partial charge in [0, 0.05) is 6.54 Å². The van der Waals surface area contributed by atoms with Crippen molar-refractivity contribution in [3.63, 3.8) is 0 Å². The highest BCUT2D eigenvalue weighted by Crippen LogP contribution is 2.25. The molecule has 0 saturated carbocycles. The summed E-state index contributed by atoms with van der Waals surface area (Å²) in [7, 11) is 0. The molecule has 1 N–H and O–H groups in total. The predicted molar refractivity (Wildman–Crippen MR) is 59.6 cm³/mol. The van der Waals surface area contributed by atoms with Gasteiger partial charge < -0.3 is 9.84 Å². The van der Waals surface area contributed by atoms with Gasteiger partial charge in [0.1, 0.15) is 12.7 Å². The molecule has 110 valence electrons. The van der Waals surface area contributed by atoms with Gasteiger partial charge in [-0.05, 0) is 6.92 Å². The molecular weight excluding hydrogens is 292 g/mol. The zero-order valence-electron chi connectivity index (χ0n) is 9.99. The molecule has 1 aromatic rings. The van der Waals surface area contributed by atoms with Gasteiger partial charge in [-0.1, -0.05) is 11.6 Å². The van der Waals surface area contributed by atoms with E-state index in [9.17, 15) is 22.7 Å². The first kappa shape index (κ1) is 16.2. The zero-order chi connectivity index (χ0) is 14.6. The van der Waals surface area contributed by atoms with Gasteiger partial charge in [-0.25, -0.2) is 8.78 Å². The van der Waals surface area contributed by atoms with Gasteiger partial charge in [-0.2, -0.15) is 13.9 Å². The van der Waals surface area contributed by atoms with E-state index in [2.05, 4.69) is 9.84 Å². The van der Waals surface area contributed by atoms with Crippen LogP contribution in [0.3, 0.4) is 0 Å². The van der Waals surface area contributed by atoms with E-state index < -0.39 is 31.7 Å². The Labute approximate surface area is 111 Å². The molecule has 0 aliphatic rings. The number of halogens is 5. The number of ether oxygens (including phenoxy) is 1. The van der Waals surface area contributed by atoms with Crippen molar-refractivity contribution in [2.75, 3.05) is 13.2 Å². The largest absolute Gasteiger partial charge is 0.384 e. The maximum absolute atomic E-state index is 12.6. The Morgan fingerprint density at radius 3 is 2.68 bits per heavy atom. The zero-order valence-corrected chi connectivity index (χ0v) is 10.7. The molecule has 0 amide bonds. The van der Waals surface area contributed by atoms with E-state index in [-0.39, 0.29) is 10.7 Å². The highest BCUT2D eigenvalue weighted by molar-refractivity contribution is 6.31. The van der Waals surface area contributed by atoms with E-state index >= 15 is 0 Å². The summed E-state index contributed by atoms with van der Waals surface area (Å²) >= 11 is 5.77. The number of rotatable bonds is 7. The maximum Gasteiger partial charge on any atom is 0.330 e. The van der Waals surface area contributed by atoms with Crippen LogP contribution in [0.2, 0.25) is 5.02 Å². The van der Waals surface area contributed by atoms with E-state index in [1.165, 1.54) is 10.9 Å². The average molecular weight is 305 g/mol. The van der Waals surface area contributed by atoms with Gasteiger partial charge in [0.15, 0.2) is 0 Å². The van der Waals surface area contributed by atoms with Gasteiger partial charge in [0.05, 0.1) is 23.5 Å². The quantitative estimate of drug-likeness (QED) is 0.787. The van der Waals surface area contributed by atoms with Crippen LogP contribution < -0.4 is 0 Å². The molecule has 0 aliphatic heterocycles. The highest BCUT2D eigenvalue weighted by atomic mass is 35.5. The molecule has 1 rings (SSSR count). The van der Waals surface area contributed by atoms with Crippen LogP contribution in [-0.2, 0) is 11.3 Å². The van der Waals surface area contributed by atoms with Crippen LogP contribution in [-0.4, -0.2) is 40.4 Å². The summed E-state index contributed by atoms with van der Waals surface area (Å²) in [6, 6.07) is 0. The lowest BCUT2D eigenvalue weighted by molar-refractivity contribution is -0.171. The number of nitrogens with zero attached hydrogens (tertiary/aromatic N) is 2. The van der Waals surface area contributed by atoms with E-state index in [0.717, 1.165) is 0 Å². The van der Waals surface area contributed by atoms with Gasteiger partial charge >= 0.3 is 12.3 Å². The molecular formula is C10H13ClF4N2O2. The van der Waals surface area contributed by atoms with Crippen molar-refractivity contribution in [2.24, 2.45) is 0 Å². The highest BCUT2D eigenvalue weighted by Gasteiger charge is 2.41. The standard InChI is InChI=1S/C10H13ClF4N2O2/c1-2-17-8(6(11)3-16-17)7(18)4-19-5-10(14,15)9(12)13/h3,7,9,18H,2,4-5H2,1H3. The van der Waals surface area contributed by atoms with Crippen molar-refractivity contribution in [1.29, 1.82) is 0 Å². The topological polar surface area (TPSA) is 47.3 Å².